The van der Waals surface area contributed by atoms with E-state index in [2.05, 4.69) is 10.3 Å². The zero-order valence-electron chi connectivity index (χ0n) is 13.6. The van der Waals surface area contributed by atoms with Crippen LogP contribution in [-0.4, -0.2) is 39.5 Å². The van der Waals surface area contributed by atoms with E-state index in [1.807, 2.05) is 13.8 Å². The second-order valence-corrected chi connectivity index (χ2v) is 5.28. The van der Waals surface area contributed by atoms with Gasteiger partial charge in [0.1, 0.15) is 17.5 Å². The second kappa shape index (κ2) is 9.32. The smallest absolute Gasteiger partial charge is 0.408 e. The van der Waals surface area contributed by atoms with Crippen LogP contribution in [0, 0.1) is 5.82 Å². The van der Waals surface area contributed by atoms with Crippen LogP contribution in [-0.2, 0) is 4.74 Å². The monoisotopic (exact) mass is 316 g/mol. The first-order valence-electron chi connectivity index (χ1n) is 7.13. The number of carbonyl (C=O) groups excluding carboxylic acids is 1. The molecule has 6 nitrogen and oxygen atoms in total. The number of hydrogen-bond donors (Lipinski definition) is 3. The van der Waals surface area contributed by atoms with Crippen molar-refractivity contribution in [3.63, 3.8) is 0 Å². The van der Waals surface area contributed by atoms with Gasteiger partial charge in [-0.2, -0.15) is 0 Å². The zero-order valence-corrected chi connectivity index (χ0v) is 13.6. The third-order valence-corrected chi connectivity index (χ3v) is 2.33. The summed E-state index contributed by atoms with van der Waals surface area (Å²) in [6.45, 7) is 8.56. The summed E-state index contributed by atoms with van der Waals surface area (Å²) in [6.07, 6.45) is -1.09. The lowest BCUT2D eigenvalue weighted by Crippen LogP contribution is -2.44. The van der Waals surface area contributed by atoms with Crippen molar-refractivity contribution in [3.8, 4) is 0 Å². The molecule has 0 aromatic carbocycles. The molecule has 0 saturated carbocycles. The SMILES string of the molecule is CC.CC(C)(C)OC(=O)N[C@@H](CO)C(O)c1ccc(F)cn1. The lowest BCUT2D eigenvalue weighted by molar-refractivity contribution is 0.0343. The first kappa shape index (κ1) is 20.3. The summed E-state index contributed by atoms with van der Waals surface area (Å²) in [5, 5.41) is 21.6. The van der Waals surface area contributed by atoms with Crippen molar-refractivity contribution in [2.24, 2.45) is 0 Å². The summed E-state index contributed by atoms with van der Waals surface area (Å²) in [7, 11) is 0. The fourth-order valence-electron chi connectivity index (χ4n) is 1.45. The Morgan fingerprint density at radius 1 is 1.41 bits per heavy atom. The molecule has 0 radical (unpaired) electrons. The molecule has 3 N–H and O–H groups in total. The van der Waals surface area contributed by atoms with E-state index in [4.69, 9.17) is 4.74 Å². The maximum Gasteiger partial charge on any atom is 0.408 e. The lowest BCUT2D eigenvalue weighted by Gasteiger charge is -2.25. The molecule has 1 unspecified atom stereocenters. The number of ether oxygens (including phenoxy) is 1. The third kappa shape index (κ3) is 7.33. The van der Waals surface area contributed by atoms with Gasteiger partial charge in [-0.25, -0.2) is 9.18 Å². The van der Waals surface area contributed by atoms with E-state index in [1.54, 1.807) is 20.8 Å². The Kier molecular flexibility index (Phi) is 8.59. The van der Waals surface area contributed by atoms with E-state index in [1.165, 1.54) is 6.07 Å². The van der Waals surface area contributed by atoms with Gasteiger partial charge in [-0.05, 0) is 32.9 Å². The van der Waals surface area contributed by atoms with Gasteiger partial charge in [0.15, 0.2) is 0 Å². The van der Waals surface area contributed by atoms with Gasteiger partial charge in [-0.3, -0.25) is 4.98 Å². The largest absolute Gasteiger partial charge is 0.444 e. The average Bonchev–Trinajstić information content (AvgIpc) is 2.45. The molecule has 0 fully saturated rings. The average molecular weight is 316 g/mol. The molecule has 0 bridgehead atoms. The number of carbonyl (C=O) groups is 1. The van der Waals surface area contributed by atoms with Crippen LogP contribution in [0.4, 0.5) is 9.18 Å². The van der Waals surface area contributed by atoms with Gasteiger partial charge in [0, 0.05) is 0 Å². The van der Waals surface area contributed by atoms with Gasteiger partial charge in [-0.15, -0.1) is 0 Å². The Morgan fingerprint density at radius 3 is 2.41 bits per heavy atom. The van der Waals surface area contributed by atoms with Crippen LogP contribution in [0.3, 0.4) is 0 Å². The molecule has 0 spiro atoms. The van der Waals surface area contributed by atoms with E-state index in [0.29, 0.717) is 0 Å². The Morgan fingerprint density at radius 2 is 2.00 bits per heavy atom. The highest BCUT2D eigenvalue weighted by atomic mass is 19.1. The van der Waals surface area contributed by atoms with E-state index >= 15 is 0 Å². The molecule has 1 aromatic heterocycles. The van der Waals surface area contributed by atoms with Crippen LogP contribution in [0.5, 0.6) is 0 Å². The molecule has 0 aliphatic rings. The fourth-order valence-corrected chi connectivity index (χ4v) is 1.45. The molecule has 0 aliphatic carbocycles. The van der Waals surface area contributed by atoms with Crippen molar-refractivity contribution in [2.75, 3.05) is 6.61 Å². The van der Waals surface area contributed by atoms with Crippen LogP contribution in [0.2, 0.25) is 0 Å². The number of rotatable bonds is 4. The summed E-state index contributed by atoms with van der Waals surface area (Å²) < 4.78 is 17.8. The minimum Gasteiger partial charge on any atom is -0.444 e. The topological polar surface area (TPSA) is 91.7 Å². The molecular formula is C15H25FN2O4. The van der Waals surface area contributed by atoms with Gasteiger partial charge < -0.3 is 20.3 Å². The molecule has 2 atom stereocenters. The van der Waals surface area contributed by atoms with Gasteiger partial charge in [0.25, 0.3) is 0 Å². The maximum absolute atomic E-state index is 12.7. The number of nitrogens with one attached hydrogen (secondary N) is 1. The van der Waals surface area contributed by atoms with Crippen molar-refractivity contribution >= 4 is 6.09 Å². The Hall–Kier alpha value is -1.73. The van der Waals surface area contributed by atoms with Crippen LogP contribution in [0.15, 0.2) is 18.3 Å². The van der Waals surface area contributed by atoms with E-state index in [0.717, 1.165) is 12.3 Å². The quantitative estimate of drug-likeness (QED) is 0.792. The summed E-state index contributed by atoms with van der Waals surface area (Å²) in [5.74, 6) is -0.540. The molecule has 0 aliphatic heterocycles. The predicted octanol–water partition coefficient (Wildman–Crippen LogP) is 2.17. The Labute approximate surface area is 130 Å². The van der Waals surface area contributed by atoms with Crippen molar-refractivity contribution in [2.45, 2.75) is 52.4 Å². The van der Waals surface area contributed by atoms with Crippen molar-refractivity contribution in [1.29, 1.82) is 0 Å². The molecule has 1 amide bonds. The molecular weight excluding hydrogens is 291 g/mol. The zero-order chi connectivity index (χ0) is 17.3. The fraction of sp³-hybridized carbons (Fsp3) is 0.600. The number of nitrogens with zero attached hydrogens (tertiary/aromatic N) is 1. The number of alkyl carbamates (subject to hydrolysis) is 1. The van der Waals surface area contributed by atoms with Gasteiger partial charge in [0.2, 0.25) is 0 Å². The minimum atomic E-state index is -1.27. The summed E-state index contributed by atoms with van der Waals surface area (Å²) in [6, 6.07) is 1.41. The van der Waals surface area contributed by atoms with Gasteiger partial charge in [0.05, 0.1) is 24.5 Å². The molecule has 0 saturated heterocycles. The predicted molar refractivity (Wildman–Crippen MR) is 80.7 cm³/mol. The van der Waals surface area contributed by atoms with E-state index in [-0.39, 0.29) is 5.69 Å². The number of hydrogen-bond acceptors (Lipinski definition) is 5. The molecule has 22 heavy (non-hydrogen) atoms. The lowest BCUT2D eigenvalue weighted by atomic mass is 10.1. The highest BCUT2D eigenvalue weighted by Crippen LogP contribution is 2.15. The highest BCUT2D eigenvalue weighted by molar-refractivity contribution is 5.68. The number of amides is 1. The van der Waals surface area contributed by atoms with Crippen molar-refractivity contribution in [3.05, 3.63) is 29.8 Å². The van der Waals surface area contributed by atoms with E-state index in [9.17, 15) is 19.4 Å². The minimum absolute atomic E-state index is 0.140. The molecule has 1 aromatic rings. The summed E-state index contributed by atoms with van der Waals surface area (Å²) >= 11 is 0. The van der Waals surface area contributed by atoms with Gasteiger partial charge in [-0.1, -0.05) is 13.8 Å². The standard InChI is InChI=1S/C13H19FN2O4.C2H6/c1-13(2,3)20-12(19)16-10(7-17)11(18)9-5-4-8(14)6-15-9;1-2/h4-6,10-11,17-18H,7H2,1-3H3,(H,16,19);1-2H3/t10-,11?;/m0./s1. The third-order valence-electron chi connectivity index (χ3n) is 2.33. The molecule has 1 rings (SSSR count). The number of aliphatic hydroxyl groups excluding tert-OH is 2. The van der Waals surface area contributed by atoms with Crippen LogP contribution in [0.25, 0.3) is 0 Å². The first-order chi connectivity index (χ1) is 10.2. The first-order valence-corrected chi connectivity index (χ1v) is 7.13. The number of aliphatic hydroxyl groups is 2. The molecule has 7 heteroatoms. The van der Waals surface area contributed by atoms with Crippen LogP contribution < -0.4 is 5.32 Å². The van der Waals surface area contributed by atoms with Crippen LogP contribution >= 0.6 is 0 Å². The van der Waals surface area contributed by atoms with Crippen molar-refractivity contribution < 1.29 is 24.1 Å². The molecule has 126 valence electrons. The highest BCUT2D eigenvalue weighted by Gasteiger charge is 2.25. The molecule has 1 heterocycles. The second-order valence-electron chi connectivity index (χ2n) is 5.28. The Balaban J connectivity index is 0.00000211. The van der Waals surface area contributed by atoms with Crippen molar-refractivity contribution in [1.82, 2.24) is 10.3 Å². The number of aromatic nitrogens is 1. The van der Waals surface area contributed by atoms with Gasteiger partial charge >= 0.3 is 6.09 Å². The van der Waals surface area contributed by atoms with Crippen LogP contribution in [0.1, 0.15) is 46.4 Å². The van der Waals surface area contributed by atoms with E-state index < -0.39 is 36.3 Å². The normalized spacial score (nSPS) is 13.5. The Bertz CT molecular complexity index is 446. The summed E-state index contributed by atoms with van der Waals surface area (Å²) in [4.78, 5) is 15.3. The maximum atomic E-state index is 12.7. The summed E-state index contributed by atoms with van der Waals surface area (Å²) in [5.41, 5.74) is -0.551. The number of pyridine rings is 1. The number of halogens is 1.